The lowest BCUT2D eigenvalue weighted by molar-refractivity contribution is -0.0440. The van der Waals surface area contributed by atoms with E-state index in [0.717, 1.165) is 25.8 Å². The molecule has 11 nitrogen and oxygen atoms in total. The molecule has 1 fully saturated rings. The van der Waals surface area contributed by atoms with Gasteiger partial charge in [0.25, 0.3) is 5.91 Å². The quantitative estimate of drug-likeness (QED) is 0.295. The molecule has 1 aromatic carbocycles. The molecule has 3 heterocycles. The number of benzene rings is 1. The van der Waals surface area contributed by atoms with Gasteiger partial charge in [0.2, 0.25) is 0 Å². The minimum absolute atomic E-state index is 0.381. The summed E-state index contributed by atoms with van der Waals surface area (Å²) in [5.74, 6) is 0.780. The van der Waals surface area contributed by atoms with Crippen LogP contribution in [0.1, 0.15) is 55.6 Å². The second kappa shape index (κ2) is 11.9. The molecule has 2 aliphatic rings. The summed E-state index contributed by atoms with van der Waals surface area (Å²) >= 11 is 0. The van der Waals surface area contributed by atoms with E-state index in [0.29, 0.717) is 34.9 Å². The highest BCUT2D eigenvalue weighted by atomic mass is 16.5. The SMILES string of the molecule is CCOc1cccc(C(=O)N[C@@H]2[C@H](O)[C@@H](CO)O[C@H]2n2cnc3c(NCCC4=CCCCC4)ncnc32)c1. The first-order valence-electron chi connectivity index (χ1n) is 13.2. The molecule has 1 amide bonds. The fourth-order valence-electron chi connectivity index (χ4n) is 5.06. The summed E-state index contributed by atoms with van der Waals surface area (Å²) in [6.45, 7) is 2.67. The van der Waals surface area contributed by atoms with Crippen molar-refractivity contribution in [2.24, 2.45) is 0 Å². The average molecular weight is 523 g/mol. The largest absolute Gasteiger partial charge is 0.494 e. The van der Waals surface area contributed by atoms with Gasteiger partial charge >= 0.3 is 0 Å². The van der Waals surface area contributed by atoms with Gasteiger partial charge in [-0.25, -0.2) is 15.0 Å². The van der Waals surface area contributed by atoms with E-state index >= 15 is 0 Å². The minimum Gasteiger partial charge on any atom is -0.494 e. The van der Waals surface area contributed by atoms with Crippen LogP contribution in [0.2, 0.25) is 0 Å². The molecule has 1 aliphatic heterocycles. The van der Waals surface area contributed by atoms with Gasteiger partial charge in [0.15, 0.2) is 23.2 Å². The van der Waals surface area contributed by atoms with E-state index < -0.39 is 37.0 Å². The number of ether oxygens (including phenoxy) is 2. The number of anilines is 1. The second-order valence-electron chi connectivity index (χ2n) is 9.53. The van der Waals surface area contributed by atoms with Gasteiger partial charge in [0.05, 0.1) is 19.5 Å². The zero-order chi connectivity index (χ0) is 26.5. The van der Waals surface area contributed by atoms with E-state index in [1.807, 2.05) is 6.92 Å². The lowest BCUT2D eigenvalue weighted by Gasteiger charge is -2.23. The number of aliphatic hydroxyl groups excluding tert-OH is 2. The number of aliphatic hydroxyl groups is 2. The van der Waals surface area contributed by atoms with Crippen molar-refractivity contribution in [1.82, 2.24) is 24.8 Å². The van der Waals surface area contributed by atoms with Gasteiger partial charge in [-0.05, 0) is 57.2 Å². The number of nitrogens with one attached hydrogen (secondary N) is 2. The van der Waals surface area contributed by atoms with Crippen molar-refractivity contribution >= 4 is 22.9 Å². The average Bonchev–Trinajstić information content (AvgIpc) is 3.51. The summed E-state index contributed by atoms with van der Waals surface area (Å²) in [7, 11) is 0. The van der Waals surface area contributed by atoms with Crippen molar-refractivity contribution in [3.8, 4) is 5.75 Å². The molecule has 0 radical (unpaired) electrons. The van der Waals surface area contributed by atoms with E-state index in [-0.39, 0.29) is 0 Å². The number of rotatable bonds is 10. The molecule has 1 saturated heterocycles. The van der Waals surface area contributed by atoms with Gasteiger partial charge in [-0.3, -0.25) is 9.36 Å². The van der Waals surface area contributed by atoms with Gasteiger partial charge in [0.1, 0.15) is 30.3 Å². The van der Waals surface area contributed by atoms with Crippen molar-refractivity contribution < 1.29 is 24.5 Å². The fraction of sp³-hybridized carbons (Fsp3) is 0.481. The Bertz CT molecular complexity index is 1290. The minimum atomic E-state index is -1.15. The van der Waals surface area contributed by atoms with Crippen LogP contribution in [-0.4, -0.2) is 73.6 Å². The Labute approximate surface area is 220 Å². The normalized spacial score (nSPS) is 23.3. The van der Waals surface area contributed by atoms with Gasteiger partial charge in [-0.15, -0.1) is 0 Å². The molecule has 38 heavy (non-hydrogen) atoms. The van der Waals surface area contributed by atoms with Crippen LogP contribution in [0.3, 0.4) is 0 Å². The van der Waals surface area contributed by atoms with Crippen LogP contribution in [0.5, 0.6) is 5.75 Å². The highest BCUT2D eigenvalue weighted by Crippen LogP contribution is 2.33. The number of amides is 1. The van der Waals surface area contributed by atoms with Crippen LogP contribution in [0.15, 0.2) is 48.6 Å². The number of hydrogen-bond donors (Lipinski definition) is 4. The Kier molecular flexibility index (Phi) is 8.16. The Morgan fingerprint density at radius 1 is 1.26 bits per heavy atom. The Morgan fingerprint density at radius 3 is 2.95 bits per heavy atom. The van der Waals surface area contributed by atoms with Crippen LogP contribution in [-0.2, 0) is 4.74 Å². The predicted octanol–water partition coefficient (Wildman–Crippen LogP) is 2.58. The molecule has 2 aromatic heterocycles. The highest BCUT2D eigenvalue weighted by Gasteiger charge is 2.46. The second-order valence-corrected chi connectivity index (χ2v) is 9.53. The van der Waals surface area contributed by atoms with Crippen LogP contribution >= 0.6 is 0 Å². The monoisotopic (exact) mass is 522 g/mol. The summed E-state index contributed by atoms with van der Waals surface area (Å²) in [6.07, 6.45) is 8.19. The molecular weight excluding hydrogens is 488 g/mol. The Hall–Kier alpha value is -3.54. The summed E-state index contributed by atoms with van der Waals surface area (Å²) in [4.78, 5) is 26.4. The van der Waals surface area contributed by atoms with Gasteiger partial charge < -0.3 is 30.3 Å². The number of carbonyl (C=O) groups excluding carboxylic acids is 1. The lowest BCUT2D eigenvalue weighted by Crippen LogP contribution is -2.46. The van der Waals surface area contributed by atoms with Crippen LogP contribution in [0.4, 0.5) is 5.82 Å². The molecule has 0 saturated carbocycles. The van der Waals surface area contributed by atoms with Gasteiger partial charge in [-0.1, -0.05) is 17.7 Å². The first-order chi connectivity index (χ1) is 18.6. The fourth-order valence-corrected chi connectivity index (χ4v) is 5.06. The summed E-state index contributed by atoms with van der Waals surface area (Å²) in [5, 5.41) is 27.0. The zero-order valence-corrected chi connectivity index (χ0v) is 21.4. The molecule has 202 valence electrons. The number of imidazole rings is 1. The Morgan fingerprint density at radius 2 is 2.16 bits per heavy atom. The zero-order valence-electron chi connectivity index (χ0n) is 21.4. The molecule has 5 rings (SSSR count). The van der Waals surface area contributed by atoms with Crippen molar-refractivity contribution in [3.63, 3.8) is 0 Å². The molecule has 1 aliphatic carbocycles. The topological polar surface area (TPSA) is 144 Å². The number of hydrogen-bond acceptors (Lipinski definition) is 9. The number of carbonyl (C=O) groups is 1. The molecule has 11 heteroatoms. The lowest BCUT2D eigenvalue weighted by atomic mass is 9.97. The van der Waals surface area contributed by atoms with Crippen molar-refractivity contribution in [1.29, 1.82) is 0 Å². The smallest absolute Gasteiger partial charge is 0.251 e. The van der Waals surface area contributed by atoms with Gasteiger partial charge in [-0.2, -0.15) is 0 Å². The molecular formula is C27H34N6O5. The summed E-state index contributed by atoms with van der Waals surface area (Å²) in [6, 6.07) is 5.95. The number of nitrogens with zero attached hydrogens (tertiary/aromatic N) is 4. The number of fused-ring (bicyclic) bond motifs is 1. The highest BCUT2D eigenvalue weighted by molar-refractivity contribution is 5.95. The maximum absolute atomic E-state index is 13.1. The van der Waals surface area contributed by atoms with Gasteiger partial charge in [0, 0.05) is 12.1 Å². The van der Waals surface area contributed by atoms with Crippen molar-refractivity contribution in [2.45, 2.75) is 63.5 Å². The molecule has 0 bridgehead atoms. The standard InChI is InChI=1S/C27H34N6O5/c1-2-37-19-10-6-9-18(13-19)26(36)32-21-23(35)20(14-34)38-27(21)33-16-31-22-24(29-15-30-25(22)33)28-12-11-17-7-4-3-5-8-17/h6-7,9-10,13,15-16,20-21,23,27,34-35H,2-5,8,11-12,14H2,1H3,(H,32,36)(H,28,29,30)/t20-,21-,23-,27-/m1/s1. The third-order valence-electron chi connectivity index (χ3n) is 7.01. The van der Waals surface area contributed by atoms with E-state index in [1.54, 1.807) is 35.2 Å². The summed E-state index contributed by atoms with van der Waals surface area (Å²) in [5.41, 5.74) is 2.90. The maximum atomic E-state index is 13.1. The number of allylic oxidation sites excluding steroid dienone is 1. The van der Waals surface area contributed by atoms with E-state index in [4.69, 9.17) is 9.47 Å². The van der Waals surface area contributed by atoms with Crippen molar-refractivity contribution in [3.05, 3.63) is 54.1 Å². The van der Waals surface area contributed by atoms with Crippen LogP contribution in [0, 0.1) is 0 Å². The van der Waals surface area contributed by atoms with Crippen molar-refractivity contribution in [2.75, 3.05) is 25.1 Å². The third-order valence-corrected chi connectivity index (χ3v) is 7.01. The first kappa shape index (κ1) is 26.1. The Balaban J connectivity index is 1.36. The molecule has 4 atom stereocenters. The first-order valence-corrected chi connectivity index (χ1v) is 13.2. The predicted molar refractivity (Wildman–Crippen MR) is 141 cm³/mol. The molecule has 0 spiro atoms. The number of aromatic nitrogens is 4. The molecule has 0 unspecified atom stereocenters. The van der Waals surface area contributed by atoms with E-state index in [9.17, 15) is 15.0 Å². The maximum Gasteiger partial charge on any atom is 0.251 e. The molecule has 4 N–H and O–H groups in total. The summed E-state index contributed by atoms with van der Waals surface area (Å²) < 4.78 is 13.1. The third kappa shape index (κ3) is 5.50. The van der Waals surface area contributed by atoms with E-state index in [2.05, 4.69) is 31.7 Å². The van der Waals surface area contributed by atoms with Crippen LogP contribution < -0.4 is 15.4 Å². The van der Waals surface area contributed by atoms with E-state index in [1.165, 1.54) is 24.7 Å². The van der Waals surface area contributed by atoms with Crippen LogP contribution in [0.25, 0.3) is 11.2 Å². The molecule has 3 aromatic rings.